The normalized spacial score (nSPS) is 32.3. The van der Waals surface area contributed by atoms with Crippen molar-refractivity contribution >= 4 is 0 Å². The Hall–Kier alpha value is -0.500. The van der Waals surface area contributed by atoms with Crippen LogP contribution in [0.25, 0.3) is 0 Å². The van der Waals surface area contributed by atoms with Gasteiger partial charge in [-0.05, 0) is 94.5 Å². The van der Waals surface area contributed by atoms with Gasteiger partial charge in [-0.3, -0.25) is 0 Å². The van der Waals surface area contributed by atoms with Gasteiger partial charge in [-0.25, -0.2) is 0 Å². The van der Waals surface area contributed by atoms with E-state index in [1.165, 1.54) is 57.8 Å². The summed E-state index contributed by atoms with van der Waals surface area (Å²) in [6, 6.07) is 0. The molecule has 2 aliphatic rings. The molecule has 23 heavy (non-hydrogen) atoms. The van der Waals surface area contributed by atoms with Gasteiger partial charge in [-0.15, -0.1) is 0 Å². The van der Waals surface area contributed by atoms with Crippen LogP contribution >= 0.6 is 0 Å². The Morgan fingerprint density at radius 2 is 1.35 bits per heavy atom. The van der Waals surface area contributed by atoms with E-state index in [1.54, 1.807) is 0 Å². The molecule has 0 N–H and O–H groups in total. The molecule has 2 rings (SSSR count). The van der Waals surface area contributed by atoms with Crippen LogP contribution in [0, 0.1) is 23.7 Å². The number of hydrogen-bond donors (Lipinski definition) is 0. The fourth-order valence-corrected chi connectivity index (χ4v) is 4.43. The van der Waals surface area contributed by atoms with Gasteiger partial charge in [0.25, 0.3) is 0 Å². The zero-order valence-electron chi connectivity index (χ0n) is 15.5. The molecule has 0 radical (unpaired) electrons. The minimum atomic E-state index is 0.798. The largest absolute Gasteiger partial charge is 0.501 e. The van der Waals surface area contributed by atoms with Crippen molar-refractivity contribution in [2.45, 2.75) is 78.1 Å². The predicted molar refractivity (Wildman–Crippen MR) is 97.4 cm³/mol. The fourth-order valence-electron chi connectivity index (χ4n) is 4.43. The van der Waals surface area contributed by atoms with Gasteiger partial charge in [0.2, 0.25) is 0 Å². The average Bonchev–Trinajstić information content (AvgIpc) is 2.61. The lowest BCUT2D eigenvalue weighted by molar-refractivity contribution is 0.0668. The van der Waals surface area contributed by atoms with Crippen LogP contribution in [-0.2, 0) is 9.47 Å². The molecule has 0 atom stereocenters. The van der Waals surface area contributed by atoms with Crippen LogP contribution in [0.2, 0.25) is 0 Å². The van der Waals surface area contributed by atoms with Crippen molar-refractivity contribution in [1.29, 1.82) is 0 Å². The zero-order valence-corrected chi connectivity index (χ0v) is 15.5. The SMILES string of the molecule is CCCC=COCC1CCC(C2CCC(COCC)CC2)CC1. The minimum absolute atomic E-state index is 0.798. The molecule has 0 heterocycles. The lowest BCUT2D eigenvalue weighted by atomic mass is 9.69. The maximum Gasteiger partial charge on any atom is 0.0901 e. The molecule has 0 aromatic heterocycles. The van der Waals surface area contributed by atoms with Crippen LogP contribution < -0.4 is 0 Å². The van der Waals surface area contributed by atoms with Crippen molar-refractivity contribution in [1.82, 2.24) is 0 Å². The molecular weight excluding hydrogens is 284 g/mol. The molecule has 0 aromatic carbocycles. The van der Waals surface area contributed by atoms with Gasteiger partial charge >= 0.3 is 0 Å². The summed E-state index contributed by atoms with van der Waals surface area (Å²) in [5, 5.41) is 0. The van der Waals surface area contributed by atoms with Crippen molar-refractivity contribution in [2.24, 2.45) is 23.7 Å². The highest BCUT2D eigenvalue weighted by molar-refractivity contribution is 4.82. The predicted octanol–water partition coefficient (Wildman–Crippen LogP) is 5.97. The molecule has 0 saturated heterocycles. The first-order chi connectivity index (χ1) is 11.3. The van der Waals surface area contributed by atoms with Crippen molar-refractivity contribution in [3.8, 4) is 0 Å². The third-order valence-corrected chi connectivity index (χ3v) is 5.99. The Morgan fingerprint density at radius 1 is 0.783 bits per heavy atom. The summed E-state index contributed by atoms with van der Waals surface area (Å²) in [5.74, 6) is 3.63. The lowest BCUT2D eigenvalue weighted by Crippen LogP contribution is -2.28. The number of ether oxygens (including phenoxy) is 2. The summed E-state index contributed by atoms with van der Waals surface area (Å²) in [7, 11) is 0. The van der Waals surface area contributed by atoms with Gasteiger partial charge in [0, 0.05) is 13.2 Å². The highest BCUT2D eigenvalue weighted by atomic mass is 16.5. The first-order valence-electron chi connectivity index (χ1n) is 10.2. The highest BCUT2D eigenvalue weighted by Gasteiger charge is 2.30. The van der Waals surface area contributed by atoms with Crippen molar-refractivity contribution in [2.75, 3.05) is 19.8 Å². The first-order valence-corrected chi connectivity index (χ1v) is 10.2. The van der Waals surface area contributed by atoms with Crippen LogP contribution in [0.4, 0.5) is 0 Å². The molecule has 0 amide bonds. The van der Waals surface area contributed by atoms with Crippen molar-refractivity contribution in [3.05, 3.63) is 12.3 Å². The maximum atomic E-state index is 5.71. The monoisotopic (exact) mass is 322 g/mol. The number of hydrogen-bond acceptors (Lipinski definition) is 2. The topological polar surface area (TPSA) is 18.5 Å². The maximum absolute atomic E-state index is 5.71. The van der Waals surface area contributed by atoms with Crippen molar-refractivity contribution < 1.29 is 9.47 Å². The van der Waals surface area contributed by atoms with Crippen LogP contribution in [0.3, 0.4) is 0 Å². The summed E-state index contributed by atoms with van der Waals surface area (Å²) < 4.78 is 11.3. The van der Waals surface area contributed by atoms with E-state index in [4.69, 9.17) is 9.47 Å². The molecule has 2 saturated carbocycles. The molecule has 2 nitrogen and oxygen atoms in total. The van der Waals surface area contributed by atoms with E-state index < -0.39 is 0 Å². The van der Waals surface area contributed by atoms with Crippen LogP contribution in [0.5, 0.6) is 0 Å². The van der Waals surface area contributed by atoms with E-state index in [0.717, 1.165) is 49.9 Å². The minimum Gasteiger partial charge on any atom is -0.501 e. The van der Waals surface area contributed by atoms with E-state index in [0.29, 0.717) is 0 Å². The molecule has 0 aliphatic heterocycles. The molecule has 2 heteroatoms. The van der Waals surface area contributed by atoms with E-state index in [9.17, 15) is 0 Å². The quantitative estimate of drug-likeness (QED) is 0.487. The van der Waals surface area contributed by atoms with Gasteiger partial charge < -0.3 is 9.47 Å². The Bertz CT molecular complexity index is 310. The fraction of sp³-hybridized carbons (Fsp3) is 0.905. The zero-order chi connectivity index (χ0) is 16.3. The summed E-state index contributed by atoms with van der Waals surface area (Å²) in [6.45, 7) is 7.12. The second-order valence-electron chi connectivity index (χ2n) is 7.71. The molecule has 0 bridgehead atoms. The first kappa shape index (κ1) is 18.8. The Balaban J connectivity index is 1.58. The summed E-state index contributed by atoms with van der Waals surface area (Å²) >= 11 is 0. The second-order valence-corrected chi connectivity index (χ2v) is 7.71. The standard InChI is InChI=1S/C21H38O2/c1-3-5-6-15-23-17-19-9-13-21(14-10-19)20-11-7-18(8-12-20)16-22-4-2/h6,15,18-21H,3-5,7-14,16-17H2,1-2H3. The van der Waals surface area contributed by atoms with Gasteiger partial charge in [-0.1, -0.05) is 13.3 Å². The third-order valence-electron chi connectivity index (χ3n) is 5.99. The number of rotatable bonds is 9. The van der Waals surface area contributed by atoms with Gasteiger partial charge in [0.1, 0.15) is 0 Å². The number of allylic oxidation sites excluding steroid dienone is 1. The molecule has 2 aliphatic carbocycles. The van der Waals surface area contributed by atoms with E-state index in [2.05, 4.69) is 19.9 Å². The van der Waals surface area contributed by atoms with Crippen molar-refractivity contribution in [3.63, 3.8) is 0 Å². The third kappa shape index (κ3) is 6.87. The molecule has 2 fully saturated rings. The van der Waals surface area contributed by atoms with Crippen LogP contribution in [0.1, 0.15) is 78.1 Å². The molecular formula is C21H38O2. The lowest BCUT2D eigenvalue weighted by Gasteiger charge is -2.37. The van der Waals surface area contributed by atoms with Crippen LogP contribution in [-0.4, -0.2) is 19.8 Å². The van der Waals surface area contributed by atoms with E-state index in [1.807, 2.05) is 6.26 Å². The number of unbranched alkanes of at least 4 members (excludes halogenated alkanes) is 1. The van der Waals surface area contributed by atoms with E-state index >= 15 is 0 Å². The average molecular weight is 323 g/mol. The van der Waals surface area contributed by atoms with Crippen LogP contribution in [0.15, 0.2) is 12.3 Å². The molecule has 0 spiro atoms. The molecule has 0 aromatic rings. The smallest absolute Gasteiger partial charge is 0.0901 e. The summed E-state index contributed by atoms with van der Waals surface area (Å²) in [6.07, 6.45) is 17.8. The van der Waals surface area contributed by atoms with Gasteiger partial charge in [-0.2, -0.15) is 0 Å². The summed E-state index contributed by atoms with van der Waals surface area (Å²) in [5.41, 5.74) is 0. The Morgan fingerprint density at radius 3 is 1.87 bits per heavy atom. The molecule has 134 valence electrons. The van der Waals surface area contributed by atoms with Gasteiger partial charge in [0.15, 0.2) is 0 Å². The molecule has 0 unspecified atom stereocenters. The Labute approximate surface area is 144 Å². The highest BCUT2D eigenvalue weighted by Crippen LogP contribution is 2.41. The van der Waals surface area contributed by atoms with Gasteiger partial charge in [0.05, 0.1) is 12.9 Å². The Kier molecular flexibility index (Phi) is 9.11. The second kappa shape index (κ2) is 11.1. The summed E-state index contributed by atoms with van der Waals surface area (Å²) in [4.78, 5) is 0. The van der Waals surface area contributed by atoms with E-state index in [-0.39, 0.29) is 0 Å².